The van der Waals surface area contributed by atoms with E-state index in [1.54, 1.807) is 35.2 Å². The summed E-state index contributed by atoms with van der Waals surface area (Å²) in [5.74, 6) is 1.42. The van der Waals surface area contributed by atoms with Crippen molar-refractivity contribution >= 4 is 17.7 Å². The number of carbonyl (C=O) groups excluding carboxylic acids is 1. The van der Waals surface area contributed by atoms with Gasteiger partial charge in [-0.05, 0) is 65.1 Å². The predicted molar refractivity (Wildman–Crippen MR) is 127 cm³/mol. The number of amides is 1. The molecule has 2 aliphatic rings. The minimum atomic E-state index is -0.440. The van der Waals surface area contributed by atoms with Gasteiger partial charge in [-0.15, -0.1) is 0 Å². The molecule has 3 aromatic carbocycles. The fourth-order valence-corrected chi connectivity index (χ4v) is 4.38. The van der Waals surface area contributed by atoms with E-state index in [-0.39, 0.29) is 24.1 Å². The van der Waals surface area contributed by atoms with Gasteiger partial charge in [0.1, 0.15) is 0 Å². The van der Waals surface area contributed by atoms with Crippen LogP contribution in [0.3, 0.4) is 0 Å². The number of methoxy groups -OCH3 is 1. The standard InChI is InChI=1S/C26H22N2O7/c1-33-22-12-16(2-8-21(22)29)3-9-24(30)27-11-10-18-13-23-26(35-15-34-23)25(20(18)14-27)17-4-6-19(7-5-17)28(31)32/h2-9,12-13,29H,10-11,14-15H2,1H3/b9-3+. The van der Waals surface area contributed by atoms with Crippen molar-refractivity contribution in [3.05, 3.63) is 81.4 Å². The molecule has 3 aromatic rings. The molecule has 0 spiro atoms. The summed E-state index contributed by atoms with van der Waals surface area (Å²) in [6.07, 6.45) is 3.81. The number of nitrogens with zero attached hydrogens (tertiary/aromatic N) is 2. The molecule has 0 aromatic heterocycles. The third kappa shape index (κ3) is 4.23. The lowest BCUT2D eigenvalue weighted by atomic mass is 9.89. The first-order valence-electron chi connectivity index (χ1n) is 11.0. The summed E-state index contributed by atoms with van der Waals surface area (Å²) in [4.78, 5) is 25.4. The lowest BCUT2D eigenvalue weighted by molar-refractivity contribution is -0.384. The number of nitro benzene ring substituents is 1. The maximum atomic E-state index is 13.0. The largest absolute Gasteiger partial charge is 0.504 e. The van der Waals surface area contributed by atoms with Crippen LogP contribution >= 0.6 is 0 Å². The van der Waals surface area contributed by atoms with Crippen molar-refractivity contribution in [3.8, 4) is 34.1 Å². The van der Waals surface area contributed by atoms with Crippen molar-refractivity contribution < 1.29 is 29.0 Å². The Morgan fingerprint density at radius 1 is 1.17 bits per heavy atom. The minimum Gasteiger partial charge on any atom is -0.504 e. The molecule has 0 saturated heterocycles. The second-order valence-electron chi connectivity index (χ2n) is 8.20. The van der Waals surface area contributed by atoms with E-state index in [1.165, 1.54) is 31.4 Å². The number of phenolic OH excluding ortho intramolecular Hbond substituents is 1. The predicted octanol–water partition coefficient (Wildman–Crippen LogP) is 4.30. The number of rotatable bonds is 5. The van der Waals surface area contributed by atoms with E-state index in [9.17, 15) is 20.0 Å². The van der Waals surface area contributed by atoms with E-state index in [4.69, 9.17) is 14.2 Å². The van der Waals surface area contributed by atoms with E-state index < -0.39 is 4.92 Å². The normalized spacial score (nSPS) is 14.1. The number of aromatic hydroxyl groups is 1. The van der Waals surface area contributed by atoms with Crippen molar-refractivity contribution in [2.45, 2.75) is 13.0 Å². The Balaban J connectivity index is 1.45. The van der Waals surface area contributed by atoms with Gasteiger partial charge in [-0.2, -0.15) is 0 Å². The molecule has 9 nitrogen and oxygen atoms in total. The monoisotopic (exact) mass is 474 g/mol. The number of hydrogen-bond donors (Lipinski definition) is 1. The first-order valence-corrected chi connectivity index (χ1v) is 11.0. The Bertz CT molecular complexity index is 1350. The van der Waals surface area contributed by atoms with Crippen molar-refractivity contribution in [3.63, 3.8) is 0 Å². The number of non-ortho nitro benzene ring substituents is 1. The Labute approximate surface area is 200 Å². The summed E-state index contributed by atoms with van der Waals surface area (Å²) in [6, 6.07) is 13.1. The van der Waals surface area contributed by atoms with Gasteiger partial charge in [-0.1, -0.05) is 6.07 Å². The second kappa shape index (κ2) is 9.02. The van der Waals surface area contributed by atoms with Crippen LogP contribution in [-0.4, -0.2) is 41.3 Å². The van der Waals surface area contributed by atoms with E-state index in [1.807, 2.05) is 6.07 Å². The summed E-state index contributed by atoms with van der Waals surface area (Å²) >= 11 is 0. The third-order valence-corrected chi connectivity index (χ3v) is 6.16. The van der Waals surface area contributed by atoms with E-state index in [0.717, 1.165) is 27.8 Å². The summed E-state index contributed by atoms with van der Waals surface area (Å²) in [5.41, 5.74) is 4.26. The zero-order valence-electron chi connectivity index (χ0n) is 18.9. The van der Waals surface area contributed by atoms with E-state index >= 15 is 0 Å². The van der Waals surface area contributed by atoms with Crippen LogP contribution in [0.25, 0.3) is 17.2 Å². The summed E-state index contributed by atoms with van der Waals surface area (Å²) in [6.45, 7) is 0.995. The van der Waals surface area contributed by atoms with Gasteiger partial charge in [0.05, 0.1) is 12.0 Å². The Morgan fingerprint density at radius 3 is 2.71 bits per heavy atom. The van der Waals surface area contributed by atoms with E-state index in [0.29, 0.717) is 36.8 Å². The average molecular weight is 474 g/mol. The van der Waals surface area contributed by atoms with Crippen molar-refractivity contribution in [2.75, 3.05) is 20.4 Å². The molecule has 2 aliphatic heterocycles. The average Bonchev–Trinajstić information content (AvgIpc) is 3.34. The molecule has 1 amide bonds. The molecule has 35 heavy (non-hydrogen) atoms. The molecule has 0 unspecified atom stereocenters. The molecule has 5 rings (SSSR count). The minimum absolute atomic E-state index is 0.000153. The number of phenols is 1. The Kier molecular flexibility index (Phi) is 5.74. The number of ether oxygens (including phenoxy) is 3. The lowest BCUT2D eigenvalue weighted by Crippen LogP contribution is -2.35. The van der Waals surface area contributed by atoms with Crippen LogP contribution < -0.4 is 14.2 Å². The van der Waals surface area contributed by atoms with Gasteiger partial charge in [0.2, 0.25) is 12.7 Å². The van der Waals surface area contributed by atoms with Crippen molar-refractivity contribution in [1.29, 1.82) is 0 Å². The molecule has 0 bridgehead atoms. The maximum absolute atomic E-state index is 13.0. The second-order valence-corrected chi connectivity index (χ2v) is 8.20. The molecule has 0 fully saturated rings. The third-order valence-electron chi connectivity index (χ3n) is 6.16. The van der Waals surface area contributed by atoms with Gasteiger partial charge in [0, 0.05) is 36.9 Å². The van der Waals surface area contributed by atoms with Gasteiger partial charge in [-0.3, -0.25) is 14.9 Å². The smallest absolute Gasteiger partial charge is 0.269 e. The molecule has 178 valence electrons. The highest BCUT2D eigenvalue weighted by atomic mass is 16.7. The number of hydrogen-bond acceptors (Lipinski definition) is 7. The number of nitro groups is 1. The molecule has 1 N–H and O–H groups in total. The number of carbonyl (C=O) groups is 1. The number of benzene rings is 3. The first kappa shape index (κ1) is 22.3. The van der Waals surface area contributed by atoms with Crippen LogP contribution in [0.2, 0.25) is 0 Å². The lowest BCUT2D eigenvalue weighted by Gasteiger charge is -2.30. The highest BCUT2D eigenvalue weighted by Gasteiger charge is 2.30. The summed E-state index contributed by atoms with van der Waals surface area (Å²) in [5, 5.41) is 20.9. The summed E-state index contributed by atoms with van der Waals surface area (Å²) in [7, 11) is 1.47. The summed E-state index contributed by atoms with van der Waals surface area (Å²) < 4.78 is 16.5. The van der Waals surface area contributed by atoms with Gasteiger partial charge in [0.15, 0.2) is 23.0 Å². The van der Waals surface area contributed by atoms with Crippen LogP contribution in [0.1, 0.15) is 16.7 Å². The fourth-order valence-electron chi connectivity index (χ4n) is 4.38. The van der Waals surface area contributed by atoms with E-state index in [2.05, 4.69) is 0 Å². The first-order chi connectivity index (χ1) is 16.9. The topological polar surface area (TPSA) is 111 Å². The molecule has 0 atom stereocenters. The van der Waals surface area contributed by atoms with Gasteiger partial charge < -0.3 is 24.2 Å². The molecule has 0 radical (unpaired) electrons. The van der Waals surface area contributed by atoms with Gasteiger partial charge in [-0.25, -0.2) is 0 Å². The Morgan fingerprint density at radius 2 is 1.97 bits per heavy atom. The number of fused-ring (bicyclic) bond motifs is 2. The zero-order valence-corrected chi connectivity index (χ0v) is 18.9. The molecule has 2 heterocycles. The quantitative estimate of drug-likeness (QED) is 0.333. The van der Waals surface area contributed by atoms with Crippen LogP contribution in [0.5, 0.6) is 23.0 Å². The van der Waals surface area contributed by atoms with Crippen LogP contribution in [0, 0.1) is 10.1 Å². The maximum Gasteiger partial charge on any atom is 0.269 e. The van der Waals surface area contributed by atoms with Crippen LogP contribution in [-0.2, 0) is 17.8 Å². The molecule has 9 heteroatoms. The van der Waals surface area contributed by atoms with Gasteiger partial charge in [0.25, 0.3) is 5.69 Å². The van der Waals surface area contributed by atoms with Gasteiger partial charge >= 0.3 is 0 Å². The Hall–Kier alpha value is -4.53. The molecular formula is C26H22N2O7. The molecule has 0 aliphatic carbocycles. The SMILES string of the molecule is COc1cc(/C=C/C(=O)N2CCc3cc4c(c(-c5ccc([N+](=O)[O-])cc5)c3C2)OCO4)ccc1O. The fraction of sp³-hybridized carbons (Fsp3) is 0.192. The van der Waals surface area contributed by atoms with Crippen molar-refractivity contribution in [1.82, 2.24) is 4.90 Å². The van der Waals surface area contributed by atoms with Crippen LogP contribution in [0.4, 0.5) is 5.69 Å². The van der Waals surface area contributed by atoms with Crippen molar-refractivity contribution in [2.24, 2.45) is 0 Å². The zero-order chi connectivity index (χ0) is 24.5. The highest BCUT2D eigenvalue weighted by Crippen LogP contribution is 2.47. The van der Waals surface area contributed by atoms with Crippen LogP contribution in [0.15, 0.2) is 54.6 Å². The highest BCUT2D eigenvalue weighted by molar-refractivity contribution is 5.92. The molecule has 0 saturated carbocycles. The molecular weight excluding hydrogens is 452 g/mol.